The van der Waals surface area contributed by atoms with Gasteiger partial charge < -0.3 is 10.1 Å². The summed E-state index contributed by atoms with van der Waals surface area (Å²) >= 11 is 0. The van der Waals surface area contributed by atoms with E-state index in [-0.39, 0.29) is 12.0 Å². The number of nitrogens with one attached hydrogen (secondary N) is 2. The predicted octanol–water partition coefficient (Wildman–Crippen LogP) is 3.68. The quantitative estimate of drug-likeness (QED) is 0.652. The SMILES string of the molecule is Cc1cccc(NC(=NCC2CCCO2)NC(=O)c2ccccc2)c1C. The topological polar surface area (TPSA) is 62.7 Å². The fraction of sp³-hybridized carbons (Fsp3) is 0.333. The fourth-order valence-corrected chi connectivity index (χ4v) is 2.88. The zero-order valence-electron chi connectivity index (χ0n) is 15.3. The van der Waals surface area contributed by atoms with E-state index in [9.17, 15) is 4.79 Å². The minimum Gasteiger partial charge on any atom is -0.376 e. The Bertz CT molecular complexity index is 781. The lowest BCUT2D eigenvalue weighted by Gasteiger charge is -2.15. The van der Waals surface area contributed by atoms with Crippen molar-refractivity contribution in [1.29, 1.82) is 0 Å². The average Bonchev–Trinajstić information content (AvgIpc) is 3.17. The second-order valence-corrected chi connectivity index (χ2v) is 6.52. The normalized spacial score (nSPS) is 17.2. The van der Waals surface area contributed by atoms with Crippen molar-refractivity contribution in [3.8, 4) is 0 Å². The number of anilines is 1. The number of nitrogens with zero attached hydrogens (tertiary/aromatic N) is 1. The molecule has 0 aliphatic carbocycles. The van der Waals surface area contributed by atoms with Crippen LogP contribution in [0.1, 0.15) is 34.3 Å². The van der Waals surface area contributed by atoms with Crippen LogP contribution >= 0.6 is 0 Å². The molecule has 2 aromatic rings. The highest BCUT2D eigenvalue weighted by Crippen LogP contribution is 2.18. The molecule has 1 atom stereocenters. The number of hydrogen-bond donors (Lipinski definition) is 2. The van der Waals surface area contributed by atoms with E-state index in [0.717, 1.165) is 30.7 Å². The van der Waals surface area contributed by atoms with E-state index in [4.69, 9.17) is 4.74 Å². The van der Waals surface area contributed by atoms with E-state index in [1.54, 1.807) is 12.1 Å². The zero-order valence-corrected chi connectivity index (χ0v) is 15.3. The number of carbonyl (C=O) groups is 1. The van der Waals surface area contributed by atoms with Crippen LogP contribution < -0.4 is 10.6 Å². The van der Waals surface area contributed by atoms with Gasteiger partial charge in [0.25, 0.3) is 5.91 Å². The number of ether oxygens (including phenoxy) is 1. The monoisotopic (exact) mass is 351 g/mol. The van der Waals surface area contributed by atoms with Crippen molar-refractivity contribution >= 4 is 17.6 Å². The first kappa shape index (κ1) is 18.1. The van der Waals surface area contributed by atoms with Gasteiger partial charge in [-0.3, -0.25) is 10.1 Å². The maximum absolute atomic E-state index is 12.5. The Labute approximate surface area is 154 Å². The molecule has 0 radical (unpaired) electrons. The van der Waals surface area contributed by atoms with Crippen LogP contribution in [0.3, 0.4) is 0 Å². The molecule has 1 heterocycles. The number of aliphatic imine (C=N–C) groups is 1. The van der Waals surface area contributed by atoms with E-state index in [0.29, 0.717) is 18.1 Å². The molecule has 1 aliphatic rings. The summed E-state index contributed by atoms with van der Waals surface area (Å²) in [4.78, 5) is 17.1. The van der Waals surface area contributed by atoms with Crippen molar-refractivity contribution in [2.75, 3.05) is 18.5 Å². The Morgan fingerprint density at radius 2 is 1.96 bits per heavy atom. The van der Waals surface area contributed by atoms with Gasteiger partial charge in [0, 0.05) is 17.9 Å². The molecule has 1 unspecified atom stereocenters. The number of amides is 1. The van der Waals surface area contributed by atoms with E-state index >= 15 is 0 Å². The highest BCUT2D eigenvalue weighted by Gasteiger charge is 2.16. The zero-order chi connectivity index (χ0) is 18.4. The van der Waals surface area contributed by atoms with Crippen LogP contribution in [0, 0.1) is 13.8 Å². The number of hydrogen-bond acceptors (Lipinski definition) is 3. The molecule has 1 fully saturated rings. The second-order valence-electron chi connectivity index (χ2n) is 6.52. The van der Waals surface area contributed by atoms with E-state index in [2.05, 4.69) is 28.6 Å². The van der Waals surface area contributed by atoms with Gasteiger partial charge in [-0.1, -0.05) is 30.3 Å². The van der Waals surface area contributed by atoms with Gasteiger partial charge in [0.15, 0.2) is 0 Å². The largest absolute Gasteiger partial charge is 0.376 e. The molecule has 0 spiro atoms. The first-order chi connectivity index (χ1) is 12.6. The molecule has 3 rings (SSSR count). The number of benzene rings is 2. The molecule has 136 valence electrons. The molecule has 0 aromatic heterocycles. The summed E-state index contributed by atoms with van der Waals surface area (Å²) in [6, 6.07) is 15.2. The number of carbonyl (C=O) groups excluding carboxylic acids is 1. The van der Waals surface area contributed by atoms with Crippen molar-refractivity contribution in [3.05, 3.63) is 65.2 Å². The summed E-state index contributed by atoms with van der Waals surface area (Å²) in [6.07, 6.45) is 2.20. The lowest BCUT2D eigenvalue weighted by Crippen LogP contribution is -2.37. The molecule has 26 heavy (non-hydrogen) atoms. The van der Waals surface area contributed by atoms with Crippen LogP contribution in [-0.4, -0.2) is 31.1 Å². The van der Waals surface area contributed by atoms with Crippen LogP contribution in [0.15, 0.2) is 53.5 Å². The standard InChI is InChI=1S/C21H25N3O2/c1-15-8-6-12-19(16(15)2)23-21(22-14-18-11-7-13-26-18)24-20(25)17-9-4-3-5-10-17/h3-6,8-10,12,18H,7,11,13-14H2,1-2H3,(H2,22,23,24,25). The fourth-order valence-electron chi connectivity index (χ4n) is 2.88. The summed E-state index contributed by atoms with van der Waals surface area (Å²) in [6.45, 7) is 5.43. The summed E-state index contributed by atoms with van der Waals surface area (Å²) in [5.74, 6) is 0.262. The summed E-state index contributed by atoms with van der Waals surface area (Å²) in [7, 11) is 0. The molecular formula is C21H25N3O2. The molecule has 2 aromatic carbocycles. The van der Waals surface area contributed by atoms with E-state index in [1.807, 2.05) is 37.3 Å². The maximum atomic E-state index is 12.5. The van der Waals surface area contributed by atoms with Crippen molar-refractivity contribution in [2.24, 2.45) is 4.99 Å². The molecular weight excluding hydrogens is 326 g/mol. The van der Waals surface area contributed by atoms with Gasteiger partial charge in [-0.2, -0.15) is 0 Å². The maximum Gasteiger partial charge on any atom is 0.257 e. The van der Waals surface area contributed by atoms with Crippen LogP contribution in [0.5, 0.6) is 0 Å². The van der Waals surface area contributed by atoms with E-state index < -0.39 is 0 Å². The lowest BCUT2D eigenvalue weighted by molar-refractivity contribution is 0.0975. The minimum atomic E-state index is -0.186. The molecule has 0 bridgehead atoms. The Morgan fingerprint density at radius 1 is 1.15 bits per heavy atom. The molecule has 5 heteroatoms. The molecule has 1 aliphatic heterocycles. The molecule has 0 saturated carbocycles. The van der Waals surface area contributed by atoms with Crippen molar-refractivity contribution in [3.63, 3.8) is 0 Å². The summed E-state index contributed by atoms with van der Waals surface area (Å²) in [5, 5.41) is 6.17. The van der Waals surface area contributed by atoms with Crippen LogP contribution in [0.4, 0.5) is 5.69 Å². The predicted molar refractivity (Wildman–Crippen MR) is 105 cm³/mol. The number of aryl methyl sites for hydroxylation is 1. The Balaban J connectivity index is 1.77. The van der Waals surface area contributed by atoms with Gasteiger partial charge in [0.2, 0.25) is 5.96 Å². The average molecular weight is 351 g/mol. The van der Waals surface area contributed by atoms with Crippen LogP contribution in [0.25, 0.3) is 0 Å². The third kappa shape index (κ3) is 4.70. The number of rotatable bonds is 4. The minimum absolute atomic E-state index is 0.124. The first-order valence-electron chi connectivity index (χ1n) is 8.99. The Kier molecular flexibility index (Phi) is 6.02. The van der Waals surface area contributed by atoms with Crippen molar-refractivity contribution < 1.29 is 9.53 Å². The van der Waals surface area contributed by atoms with Crippen molar-refractivity contribution in [2.45, 2.75) is 32.8 Å². The smallest absolute Gasteiger partial charge is 0.257 e. The summed E-state index contributed by atoms with van der Waals surface area (Å²) in [5.41, 5.74) is 3.85. The molecule has 5 nitrogen and oxygen atoms in total. The Hall–Kier alpha value is -2.66. The van der Waals surface area contributed by atoms with Gasteiger partial charge in [0.1, 0.15) is 0 Å². The van der Waals surface area contributed by atoms with Crippen LogP contribution in [0.2, 0.25) is 0 Å². The second kappa shape index (κ2) is 8.63. The highest BCUT2D eigenvalue weighted by atomic mass is 16.5. The number of guanidine groups is 1. The molecule has 2 N–H and O–H groups in total. The van der Waals surface area contributed by atoms with Gasteiger partial charge in [0.05, 0.1) is 12.6 Å². The first-order valence-corrected chi connectivity index (χ1v) is 8.99. The van der Waals surface area contributed by atoms with Gasteiger partial charge in [-0.15, -0.1) is 0 Å². The Morgan fingerprint density at radius 3 is 2.69 bits per heavy atom. The molecule has 1 amide bonds. The van der Waals surface area contributed by atoms with Gasteiger partial charge in [-0.25, -0.2) is 4.99 Å². The van der Waals surface area contributed by atoms with Gasteiger partial charge >= 0.3 is 0 Å². The third-order valence-corrected chi connectivity index (χ3v) is 4.60. The van der Waals surface area contributed by atoms with Crippen molar-refractivity contribution in [1.82, 2.24) is 5.32 Å². The lowest BCUT2D eigenvalue weighted by atomic mass is 10.1. The molecule has 1 saturated heterocycles. The summed E-state index contributed by atoms with van der Waals surface area (Å²) < 4.78 is 5.64. The van der Waals surface area contributed by atoms with Gasteiger partial charge in [-0.05, 0) is 56.0 Å². The van der Waals surface area contributed by atoms with E-state index in [1.165, 1.54) is 5.56 Å². The highest BCUT2D eigenvalue weighted by molar-refractivity contribution is 6.10. The van der Waals surface area contributed by atoms with Crippen LogP contribution in [-0.2, 0) is 4.74 Å². The third-order valence-electron chi connectivity index (χ3n) is 4.60.